The SMILES string of the molecule is Cc1cnc(-c2[c-]ccc(-c3cccc(-c4cccc(-c5ccc(C(C)(C)c6ccccc6)cc5)c4)c3)c2)cn1.[Ir]. The minimum Gasteiger partial charge on any atom is -0.301 e. The molecule has 0 unspecified atom stereocenters. The molecule has 3 heteroatoms. The number of benzene rings is 5. The Balaban J connectivity index is 0.00000337. The molecule has 0 atom stereocenters. The summed E-state index contributed by atoms with van der Waals surface area (Å²) in [6.07, 6.45) is 3.60. The first kappa shape index (κ1) is 28.4. The number of aryl methyl sites for hydroxylation is 1. The summed E-state index contributed by atoms with van der Waals surface area (Å²) in [7, 11) is 0. The van der Waals surface area contributed by atoms with Gasteiger partial charge in [-0.15, -0.1) is 35.4 Å². The first-order valence-corrected chi connectivity index (χ1v) is 13.7. The van der Waals surface area contributed by atoms with Crippen molar-refractivity contribution >= 4 is 0 Å². The van der Waals surface area contributed by atoms with Crippen molar-refractivity contribution in [1.29, 1.82) is 0 Å². The van der Waals surface area contributed by atoms with Crippen molar-refractivity contribution in [1.82, 2.24) is 9.97 Å². The first-order chi connectivity index (χ1) is 19.5. The second-order valence-corrected chi connectivity index (χ2v) is 10.8. The van der Waals surface area contributed by atoms with Crippen LogP contribution < -0.4 is 0 Å². The molecule has 0 N–H and O–H groups in total. The van der Waals surface area contributed by atoms with Crippen molar-refractivity contribution in [3.63, 3.8) is 0 Å². The molecule has 5 aromatic carbocycles. The molecule has 0 saturated heterocycles. The first-order valence-electron chi connectivity index (χ1n) is 13.7. The molecule has 1 heterocycles. The normalized spacial score (nSPS) is 11.1. The third kappa shape index (κ3) is 6.12. The fraction of sp³-hybridized carbons (Fsp3) is 0.105. The van der Waals surface area contributed by atoms with Crippen molar-refractivity contribution in [2.24, 2.45) is 0 Å². The Morgan fingerprint density at radius 2 is 1.10 bits per heavy atom. The van der Waals surface area contributed by atoms with E-state index in [2.05, 4.69) is 145 Å². The van der Waals surface area contributed by atoms with Crippen LogP contribution in [0, 0.1) is 13.0 Å². The summed E-state index contributed by atoms with van der Waals surface area (Å²) < 4.78 is 0. The molecule has 0 amide bonds. The Hall–Kier alpha value is -4.17. The zero-order valence-corrected chi connectivity index (χ0v) is 25.8. The van der Waals surface area contributed by atoms with Gasteiger partial charge in [-0.25, -0.2) is 0 Å². The molecule has 6 aromatic rings. The maximum Gasteiger partial charge on any atom is 0.0536 e. The van der Waals surface area contributed by atoms with Crippen molar-refractivity contribution in [2.45, 2.75) is 26.2 Å². The molecule has 0 spiro atoms. The van der Waals surface area contributed by atoms with E-state index in [1.54, 1.807) is 6.20 Å². The monoisotopic (exact) mass is 708 g/mol. The molecule has 1 aromatic heterocycles. The van der Waals surface area contributed by atoms with Gasteiger partial charge in [0.05, 0.1) is 5.69 Å². The zero-order chi connectivity index (χ0) is 27.5. The minimum atomic E-state index is -0.0524. The van der Waals surface area contributed by atoms with Crippen molar-refractivity contribution in [3.05, 3.63) is 157 Å². The molecule has 203 valence electrons. The van der Waals surface area contributed by atoms with Gasteiger partial charge in [-0.3, -0.25) is 4.98 Å². The number of hydrogen-bond donors (Lipinski definition) is 0. The van der Waals surface area contributed by atoms with Gasteiger partial charge >= 0.3 is 0 Å². The van der Waals surface area contributed by atoms with Crippen LogP contribution in [0.2, 0.25) is 0 Å². The predicted molar refractivity (Wildman–Crippen MR) is 166 cm³/mol. The molecule has 0 aliphatic carbocycles. The van der Waals surface area contributed by atoms with Gasteiger partial charge in [-0.2, -0.15) is 0 Å². The van der Waals surface area contributed by atoms with E-state index in [1.165, 1.54) is 33.4 Å². The van der Waals surface area contributed by atoms with Gasteiger partial charge in [-0.05, 0) is 58.0 Å². The standard InChI is InChI=1S/C38H31N2.Ir/c1-27-25-40-37(26-39-27)34-15-9-14-33(24-34)32-13-8-12-31(23-32)30-11-7-10-29(22-30)28-18-20-36(21-19-28)38(2,3)35-16-5-4-6-17-35;/h4-14,16-26H,1-3H3;/q-1;. The summed E-state index contributed by atoms with van der Waals surface area (Å²) in [4.78, 5) is 8.92. The molecule has 0 fully saturated rings. The van der Waals surface area contributed by atoms with Gasteiger partial charge in [0.15, 0.2) is 0 Å². The molecule has 6 rings (SSSR count). The number of aromatic nitrogens is 2. The second kappa shape index (κ2) is 12.1. The molecule has 1 radical (unpaired) electrons. The smallest absolute Gasteiger partial charge is 0.0536 e. The Labute approximate surface area is 256 Å². The summed E-state index contributed by atoms with van der Waals surface area (Å²) in [5.74, 6) is 0. The molecular weight excluding hydrogens is 677 g/mol. The van der Waals surface area contributed by atoms with Crippen LogP contribution >= 0.6 is 0 Å². The summed E-state index contributed by atoms with van der Waals surface area (Å²) >= 11 is 0. The van der Waals surface area contributed by atoms with E-state index in [0.717, 1.165) is 28.1 Å². The predicted octanol–water partition coefficient (Wildman–Crippen LogP) is 9.58. The van der Waals surface area contributed by atoms with Gasteiger partial charge in [-0.1, -0.05) is 105 Å². The van der Waals surface area contributed by atoms with Gasteiger partial charge in [0.25, 0.3) is 0 Å². The van der Waals surface area contributed by atoms with Crippen molar-refractivity contribution in [2.75, 3.05) is 0 Å². The summed E-state index contributed by atoms with van der Waals surface area (Å²) in [6, 6.07) is 46.7. The van der Waals surface area contributed by atoms with Crippen LogP contribution in [0.5, 0.6) is 0 Å². The van der Waals surface area contributed by atoms with Crippen LogP contribution in [0.25, 0.3) is 44.6 Å². The Kier molecular flexibility index (Phi) is 8.40. The van der Waals surface area contributed by atoms with Crippen LogP contribution in [0.3, 0.4) is 0 Å². The van der Waals surface area contributed by atoms with Crippen LogP contribution in [0.15, 0.2) is 134 Å². The van der Waals surface area contributed by atoms with Crippen molar-refractivity contribution < 1.29 is 20.1 Å². The maximum atomic E-state index is 4.53. The second-order valence-electron chi connectivity index (χ2n) is 10.8. The molecular formula is C38H31IrN2-. The van der Waals surface area contributed by atoms with E-state index in [4.69, 9.17) is 0 Å². The fourth-order valence-electron chi connectivity index (χ4n) is 5.18. The zero-order valence-electron chi connectivity index (χ0n) is 23.4. The van der Waals surface area contributed by atoms with E-state index in [-0.39, 0.29) is 25.5 Å². The number of hydrogen-bond acceptors (Lipinski definition) is 2. The van der Waals surface area contributed by atoms with Crippen LogP contribution in [0.1, 0.15) is 30.7 Å². The Bertz CT molecular complexity index is 1760. The molecule has 0 aliphatic rings. The van der Waals surface area contributed by atoms with Gasteiger partial charge < -0.3 is 4.98 Å². The van der Waals surface area contributed by atoms with E-state index in [1.807, 2.05) is 19.2 Å². The third-order valence-electron chi connectivity index (χ3n) is 7.69. The van der Waals surface area contributed by atoms with Gasteiger partial charge in [0.1, 0.15) is 0 Å². The van der Waals surface area contributed by atoms with E-state index in [9.17, 15) is 0 Å². The molecule has 41 heavy (non-hydrogen) atoms. The van der Waals surface area contributed by atoms with Crippen LogP contribution in [-0.4, -0.2) is 9.97 Å². The van der Waals surface area contributed by atoms with Gasteiger partial charge in [0, 0.05) is 43.6 Å². The summed E-state index contributed by atoms with van der Waals surface area (Å²) in [5.41, 5.74) is 12.3. The molecule has 0 saturated carbocycles. The number of rotatable bonds is 6. The molecule has 0 bridgehead atoms. The molecule has 2 nitrogen and oxygen atoms in total. The summed E-state index contributed by atoms with van der Waals surface area (Å²) in [5, 5.41) is 0. The van der Waals surface area contributed by atoms with Crippen LogP contribution in [0.4, 0.5) is 0 Å². The number of nitrogens with zero attached hydrogens (tertiary/aromatic N) is 2. The Morgan fingerprint density at radius 3 is 1.68 bits per heavy atom. The van der Waals surface area contributed by atoms with E-state index >= 15 is 0 Å². The minimum absolute atomic E-state index is 0. The topological polar surface area (TPSA) is 25.8 Å². The fourth-order valence-corrected chi connectivity index (χ4v) is 5.18. The van der Waals surface area contributed by atoms with Crippen molar-refractivity contribution in [3.8, 4) is 44.6 Å². The average molecular weight is 708 g/mol. The van der Waals surface area contributed by atoms with Gasteiger partial charge in [0.2, 0.25) is 0 Å². The molecule has 0 aliphatic heterocycles. The summed E-state index contributed by atoms with van der Waals surface area (Å²) in [6.45, 7) is 6.51. The Morgan fingerprint density at radius 1 is 0.537 bits per heavy atom. The van der Waals surface area contributed by atoms with Crippen LogP contribution in [-0.2, 0) is 25.5 Å². The third-order valence-corrected chi connectivity index (χ3v) is 7.69. The quantitative estimate of drug-likeness (QED) is 0.161. The van der Waals surface area contributed by atoms with E-state index in [0.29, 0.717) is 0 Å². The average Bonchev–Trinajstić information content (AvgIpc) is 3.02. The van der Waals surface area contributed by atoms with E-state index < -0.39 is 0 Å². The largest absolute Gasteiger partial charge is 0.301 e. The maximum absolute atomic E-state index is 4.53.